The summed E-state index contributed by atoms with van der Waals surface area (Å²) in [5.41, 5.74) is 22.5. The fraction of sp³-hybridized carbons (Fsp3) is 0.158. The van der Waals surface area contributed by atoms with Gasteiger partial charge in [0, 0.05) is 61.6 Å². The molecule has 84 heavy (non-hydrogen) atoms. The Labute approximate surface area is 493 Å². The molecule has 0 bridgehead atoms. The van der Waals surface area contributed by atoms with Crippen LogP contribution in [0.25, 0.3) is 72.8 Å². The van der Waals surface area contributed by atoms with Crippen molar-refractivity contribution in [3.05, 3.63) is 247 Å². The lowest BCUT2D eigenvalue weighted by molar-refractivity contribution is 0.590. The Kier molecular flexibility index (Phi) is 12.2. The molecule has 4 heterocycles. The molecule has 0 fully saturated rings. The molecule has 0 aliphatic carbocycles. The highest BCUT2D eigenvalue weighted by Crippen LogP contribution is 2.48. The van der Waals surface area contributed by atoms with E-state index < -0.39 is 0 Å². The van der Waals surface area contributed by atoms with Crippen LogP contribution in [0.2, 0.25) is 0 Å². The first kappa shape index (κ1) is 52.3. The van der Waals surface area contributed by atoms with Crippen molar-refractivity contribution in [3.63, 3.8) is 0 Å². The number of para-hydroxylation sites is 2. The smallest absolute Gasteiger partial charge is 0.252 e. The van der Waals surface area contributed by atoms with E-state index in [9.17, 15) is 5.26 Å². The molecule has 2 aromatic heterocycles. The van der Waals surface area contributed by atoms with E-state index in [1.165, 1.54) is 44.5 Å². The first-order valence-corrected chi connectivity index (χ1v) is 29.2. The summed E-state index contributed by atoms with van der Waals surface area (Å²) in [4.78, 5) is 20.5. The fourth-order valence-electron chi connectivity index (χ4n) is 12.7. The van der Waals surface area contributed by atoms with E-state index in [0.29, 0.717) is 23.0 Å². The quantitative estimate of drug-likeness (QED) is 0.148. The van der Waals surface area contributed by atoms with Gasteiger partial charge in [-0.25, -0.2) is 15.0 Å². The molecule has 0 atom stereocenters. The van der Waals surface area contributed by atoms with Crippen LogP contribution in [0.5, 0.6) is 0 Å². The largest absolute Gasteiger partial charge is 0.311 e. The average molecular weight is 1090 g/mol. The van der Waals surface area contributed by atoms with Crippen molar-refractivity contribution in [2.45, 2.75) is 78.6 Å². The molecule has 8 heteroatoms. The van der Waals surface area contributed by atoms with E-state index >= 15 is 0 Å². The molecule has 0 radical (unpaired) electrons. The summed E-state index contributed by atoms with van der Waals surface area (Å²) in [5.74, 6) is 1.59. The van der Waals surface area contributed by atoms with Crippen LogP contribution >= 0.6 is 0 Å². The highest BCUT2D eigenvalue weighted by atomic mass is 15.2. The predicted molar refractivity (Wildman–Crippen MR) is 351 cm³/mol. The summed E-state index contributed by atoms with van der Waals surface area (Å²) in [6.07, 6.45) is 0. The summed E-state index contributed by atoms with van der Waals surface area (Å²) in [6.45, 7) is 20.7. The van der Waals surface area contributed by atoms with Gasteiger partial charge in [-0.05, 0) is 151 Å². The minimum Gasteiger partial charge on any atom is -0.311 e. The Morgan fingerprint density at radius 3 is 1.29 bits per heavy atom. The van der Waals surface area contributed by atoms with Crippen LogP contribution in [0.3, 0.4) is 0 Å². The van der Waals surface area contributed by atoms with E-state index in [4.69, 9.17) is 15.0 Å². The van der Waals surface area contributed by atoms with E-state index in [1.54, 1.807) is 0 Å². The second-order valence-corrected chi connectivity index (χ2v) is 25.7. The molecule has 2 aliphatic rings. The van der Waals surface area contributed by atoms with Gasteiger partial charge >= 0.3 is 0 Å². The molecule has 2 aliphatic heterocycles. The Bertz CT molecular complexity index is 4430. The first-order chi connectivity index (χ1) is 40.5. The van der Waals surface area contributed by atoms with Gasteiger partial charge in [0.15, 0.2) is 17.5 Å². The third kappa shape index (κ3) is 8.85. The molecule has 0 amide bonds. The molecule has 0 N–H and O–H groups in total. The molecule has 0 unspecified atom stereocenters. The van der Waals surface area contributed by atoms with Crippen molar-refractivity contribution in [3.8, 4) is 57.0 Å². The Balaban J connectivity index is 1.04. The van der Waals surface area contributed by atoms with Gasteiger partial charge in [-0.3, -0.25) is 0 Å². The van der Waals surface area contributed by atoms with Crippen molar-refractivity contribution in [1.29, 1.82) is 5.26 Å². The van der Waals surface area contributed by atoms with Gasteiger partial charge in [0.2, 0.25) is 0 Å². The minimum absolute atomic E-state index is 0.0478. The Morgan fingerprint density at radius 2 is 0.798 bits per heavy atom. The van der Waals surface area contributed by atoms with Crippen LogP contribution in [0.15, 0.2) is 224 Å². The average Bonchev–Trinajstić information content (AvgIpc) is 0.885. The minimum atomic E-state index is -0.125. The lowest BCUT2D eigenvalue weighted by atomic mass is 9.33. The van der Waals surface area contributed by atoms with Gasteiger partial charge in [0.1, 0.15) is 0 Å². The maximum absolute atomic E-state index is 10.5. The summed E-state index contributed by atoms with van der Waals surface area (Å²) in [6, 6.07) is 83.5. The van der Waals surface area contributed by atoms with Crippen LogP contribution in [-0.4, -0.2) is 26.2 Å². The number of rotatable bonds is 7. The van der Waals surface area contributed by atoms with Gasteiger partial charge in [-0.1, -0.05) is 196 Å². The fourth-order valence-corrected chi connectivity index (χ4v) is 12.7. The zero-order chi connectivity index (χ0) is 57.8. The number of hydrogen-bond donors (Lipinski definition) is 0. The van der Waals surface area contributed by atoms with Crippen molar-refractivity contribution >= 4 is 79.0 Å². The van der Waals surface area contributed by atoms with Gasteiger partial charge in [0.25, 0.3) is 6.71 Å². The van der Waals surface area contributed by atoms with Gasteiger partial charge < -0.3 is 14.4 Å². The molecular weight excluding hydrogens is 1020 g/mol. The maximum atomic E-state index is 10.5. The maximum Gasteiger partial charge on any atom is 0.252 e. The predicted octanol–water partition coefficient (Wildman–Crippen LogP) is 17.5. The standard InChI is InChI=1S/C76H64BN7/c1-74(2,3)53-32-37-64-59(44-53)58-41-51(31-36-63(58)84(64)65-35-30-48(47-78)40-60(65)73-80-71(49-22-14-10-15-23-49)79-72(81-73)50-24-16-11-17-25-50)52-42-68-70-69(43-52)83(57-28-20-13-21-29-57)67-39-34-55(76(7,8)9)46-62(67)77(70)61-45-54(75(4,5)6)33-38-66(61)82(68)56-26-18-12-19-27-56/h10-46H,1-9H3. The first-order valence-electron chi connectivity index (χ1n) is 29.2. The lowest BCUT2D eigenvalue weighted by Gasteiger charge is -2.45. The van der Waals surface area contributed by atoms with Crippen molar-refractivity contribution < 1.29 is 0 Å². The molecule has 0 spiro atoms. The van der Waals surface area contributed by atoms with E-state index in [-0.39, 0.29) is 23.0 Å². The molecule has 7 nitrogen and oxygen atoms in total. The second-order valence-electron chi connectivity index (χ2n) is 25.7. The lowest BCUT2D eigenvalue weighted by Crippen LogP contribution is -2.61. The highest BCUT2D eigenvalue weighted by Gasteiger charge is 2.44. The van der Waals surface area contributed by atoms with Gasteiger partial charge in [-0.15, -0.1) is 0 Å². The van der Waals surface area contributed by atoms with Crippen LogP contribution in [-0.2, 0) is 16.2 Å². The number of anilines is 6. The Hall–Kier alpha value is -9.84. The third-order valence-electron chi connectivity index (χ3n) is 17.1. The molecular formula is C76H64BN7. The third-order valence-corrected chi connectivity index (χ3v) is 17.1. The van der Waals surface area contributed by atoms with E-state index in [1.807, 2.05) is 72.8 Å². The summed E-state index contributed by atoms with van der Waals surface area (Å²) >= 11 is 0. The van der Waals surface area contributed by atoms with Crippen LogP contribution < -0.4 is 26.2 Å². The number of nitriles is 1. The van der Waals surface area contributed by atoms with Crippen LogP contribution in [0, 0.1) is 11.3 Å². The number of nitrogens with zero attached hydrogens (tertiary/aromatic N) is 7. The zero-order valence-electron chi connectivity index (χ0n) is 49.1. The summed E-state index contributed by atoms with van der Waals surface area (Å²) in [7, 11) is 0. The molecule has 0 saturated carbocycles. The van der Waals surface area contributed by atoms with Crippen LogP contribution in [0.4, 0.5) is 34.1 Å². The zero-order valence-corrected chi connectivity index (χ0v) is 49.1. The van der Waals surface area contributed by atoms with E-state index in [0.717, 1.165) is 78.1 Å². The summed E-state index contributed by atoms with van der Waals surface area (Å²) in [5, 5.41) is 12.8. The van der Waals surface area contributed by atoms with Crippen molar-refractivity contribution in [1.82, 2.24) is 19.5 Å². The number of aromatic nitrogens is 4. The molecule has 14 rings (SSSR count). The SMILES string of the molecule is CC(C)(C)c1ccc2c(c1)B1c3cc(C(C)(C)C)ccc3N(c3ccccc3)c3cc(-c4ccc5c(c4)c4cc(C(C)(C)C)ccc4n5-c4ccc(C#N)cc4-c4nc(-c5ccccc5)nc(-c5ccccc5)n4)cc(c31)N2c1ccccc1. The number of benzene rings is 10. The molecule has 12 aromatic rings. The normalized spacial score (nSPS) is 13.0. The Morgan fingerprint density at radius 1 is 0.369 bits per heavy atom. The number of hydrogen-bond acceptors (Lipinski definition) is 6. The van der Waals surface area contributed by atoms with Gasteiger partial charge in [0.05, 0.1) is 28.4 Å². The summed E-state index contributed by atoms with van der Waals surface area (Å²) < 4.78 is 2.34. The number of fused-ring (bicyclic) bond motifs is 7. The van der Waals surface area contributed by atoms with E-state index in [2.05, 4.69) is 234 Å². The molecule has 10 aromatic carbocycles. The van der Waals surface area contributed by atoms with Crippen molar-refractivity contribution in [2.24, 2.45) is 0 Å². The second kappa shape index (κ2) is 19.7. The molecule has 406 valence electrons. The van der Waals surface area contributed by atoms with Crippen LogP contribution in [0.1, 0.15) is 84.6 Å². The van der Waals surface area contributed by atoms with Gasteiger partial charge in [-0.2, -0.15) is 5.26 Å². The molecule has 0 saturated heterocycles. The monoisotopic (exact) mass is 1090 g/mol. The topological polar surface area (TPSA) is 73.9 Å². The highest BCUT2D eigenvalue weighted by molar-refractivity contribution is 7.00. The van der Waals surface area contributed by atoms with Crippen molar-refractivity contribution in [2.75, 3.05) is 9.80 Å².